The maximum atomic E-state index is 13.7. The molecule has 0 bridgehead atoms. The third-order valence-corrected chi connectivity index (χ3v) is 12.3. The van der Waals surface area contributed by atoms with Crippen LogP contribution in [0.4, 0.5) is 11.8 Å². The first-order valence-electron chi connectivity index (χ1n) is 17.9. The van der Waals surface area contributed by atoms with E-state index in [9.17, 15) is 19.8 Å². The number of allylic oxidation sites excluding steroid dienone is 1. The zero-order chi connectivity index (χ0) is 36.0. The summed E-state index contributed by atoms with van der Waals surface area (Å²) in [6.45, 7) is 8.52. The third-order valence-electron chi connectivity index (χ3n) is 12.3. The summed E-state index contributed by atoms with van der Waals surface area (Å²) < 4.78 is 17.8. The van der Waals surface area contributed by atoms with Gasteiger partial charge >= 0.3 is 5.97 Å². The van der Waals surface area contributed by atoms with Crippen molar-refractivity contribution in [2.45, 2.75) is 76.3 Å². The Kier molecular flexibility index (Phi) is 9.65. The van der Waals surface area contributed by atoms with Gasteiger partial charge in [0.15, 0.2) is 0 Å². The van der Waals surface area contributed by atoms with Crippen molar-refractivity contribution in [3.05, 3.63) is 59.8 Å². The summed E-state index contributed by atoms with van der Waals surface area (Å²) in [7, 11) is 0. The first kappa shape index (κ1) is 35.5. The van der Waals surface area contributed by atoms with Gasteiger partial charge in [-0.25, -0.2) is 19.7 Å². The summed E-state index contributed by atoms with van der Waals surface area (Å²) >= 11 is 0. The number of nitrogens with zero attached hydrogens (tertiary/aromatic N) is 4. The molecule has 5 heterocycles. The van der Waals surface area contributed by atoms with Crippen molar-refractivity contribution in [2.75, 3.05) is 50.6 Å². The summed E-state index contributed by atoms with van der Waals surface area (Å²) in [6, 6.07) is 4.28. The van der Waals surface area contributed by atoms with Gasteiger partial charge in [-0.2, -0.15) is 0 Å². The molecule has 3 aliphatic heterocycles. The van der Waals surface area contributed by atoms with Crippen LogP contribution in [0.5, 0.6) is 0 Å². The van der Waals surface area contributed by atoms with Crippen LogP contribution >= 0.6 is 0 Å². The van der Waals surface area contributed by atoms with Crippen LogP contribution in [-0.2, 0) is 23.8 Å². The van der Waals surface area contributed by atoms with E-state index in [0.717, 1.165) is 0 Å². The second-order valence-electron chi connectivity index (χ2n) is 15.2. The van der Waals surface area contributed by atoms with Gasteiger partial charge in [0.1, 0.15) is 17.2 Å². The number of esters is 1. The number of morpholine rings is 1. The van der Waals surface area contributed by atoms with Crippen molar-refractivity contribution in [1.82, 2.24) is 25.2 Å². The van der Waals surface area contributed by atoms with Crippen LogP contribution in [0.15, 0.2) is 54.2 Å². The smallest absolute Gasteiger partial charge is 0.341 e. The maximum Gasteiger partial charge on any atom is 0.341 e. The number of fused-ring (bicyclic) bond motifs is 1. The number of nitrogens with one attached hydrogen (secondary N) is 2. The van der Waals surface area contributed by atoms with Crippen LogP contribution in [0.2, 0.25) is 0 Å². The molecule has 2 aliphatic carbocycles. The number of epoxide rings is 1. The molecular formula is C37H49N7O7. The van der Waals surface area contributed by atoms with Gasteiger partial charge < -0.3 is 45.7 Å². The summed E-state index contributed by atoms with van der Waals surface area (Å²) in [6.07, 6.45) is 9.86. The average Bonchev–Trinajstić information content (AvgIpc) is 3.85. The molecule has 0 aromatic carbocycles. The molecule has 51 heavy (non-hydrogen) atoms. The SMILES string of the molecule is CC(NC1CC2[C@](C)(CC[C@@H](O)[C@@]2(C)CO)C(CC(Nc2ccccn2)C2=CC(=Cc3cnc(N)nc3)OC2=O)C12CO2)C(=O)N1CCOCC1. The molecular weight excluding hydrogens is 654 g/mol. The number of carbonyl (C=O) groups excluding carboxylic acids is 2. The molecule has 2 saturated heterocycles. The largest absolute Gasteiger partial charge is 0.423 e. The zero-order valence-corrected chi connectivity index (χ0v) is 29.5. The Hall–Kier alpha value is -3.95. The highest BCUT2D eigenvalue weighted by molar-refractivity contribution is 5.95. The summed E-state index contributed by atoms with van der Waals surface area (Å²) in [5.74, 6) is 0.348. The van der Waals surface area contributed by atoms with Crippen LogP contribution in [0.3, 0.4) is 0 Å². The number of ether oxygens (including phenoxy) is 3. The summed E-state index contributed by atoms with van der Waals surface area (Å²) in [5.41, 5.74) is 4.91. The van der Waals surface area contributed by atoms with Gasteiger partial charge in [-0.05, 0) is 74.1 Å². The predicted octanol–water partition coefficient (Wildman–Crippen LogP) is 1.92. The van der Waals surface area contributed by atoms with Crippen LogP contribution in [-0.4, -0.2) is 111 Å². The second-order valence-corrected chi connectivity index (χ2v) is 15.2. The van der Waals surface area contributed by atoms with Gasteiger partial charge in [-0.1, -0.05) is 19.9 Å². The Morgan fingerprint density at radius 1 is 1.20 bits per heavy atom. The molecule has 2 aromatic heterocycles. The first-order chi connectivity index (χ1) is 24.5. The van der Waals surface area contributed by atoms with E-state index in [-0.39, 0.29) is 36.3 Å². The maximum absolute atomic E-state index is 13.7. The number of aromatic nitrogens is 3. The van der Waals surface area contributed by atoms with Gasteiger partial charge in [0.25, 0.3) is 0 Å². The van der Waals surface area contributed by atoms with E-state index in [1.807, 2.05) is 36.9 Å². The van der Waals surface area contributed by atoms with E-state index in [2.05, 4.69) is 32.5 Å². The molecule has 2 aromatic rings. The number of hydrogen-bond acceptors (Lipinski definition) is 13. The second kappa shape index (κ2) is 13.9. The van der Waals surface area contributed by atoms with E-state index in [4.69, 9.17) is 19.9 Å². The number of hydrogen-bond donors (Lipinski definition) is 5. The standard InChI is InChI=1S/C37H49N7O7/c1-22(32(47)44-10-12-49-13-11-44)42-29-17-27-35(2,8-7-30(46)36(27,3)20-45)28(37(29)21-50-37)16-26(43-31-6-4-5-9-39-31)25-15-24(51-33(25)48)14-23-18-40-34(38)41-19-23/h4-6,9,14-15,18-19,22,26-30,42,45-46H,7-8,10-13,16-17,20-21H2,1-3H3,(H,39,43)(H2,38,40,41)/t22?,26?,27?,28?,29?,30-,35+,36+,37?/m1/s1. The fourth-order valence-corrected chi connectivity index (χ4v) is 9.37. The molecule has 14 heteroatoms. The first-order valence-corrected chi connectivity index (χ1v) is 17.9. The van der Waals surface area contributed by atoms with Crippen LogP contribution in [0.25, 0.3) is 6.08 Å². The Morgan fingerprint density at radius 3 is 2.61 bits per heavy atom. The van der Waals surface area contributed by atoms with Crippen molar-refractivity contribution in [2.24, 2.45) is 22.7 Å². The van der Waals surface area contributed by atoms with Crippen molar-refractivity contribution in [3.8, 4) is 0 Å². The van der Waals surface area contributed by atoms with Gasteiger partial charge in [0.2, 0.25) is 11.9 Å². The van der Waals surface area contributed by atoms with Crippen LogP contribution in [0.1, 0.15) is 52.0 Å². The lowest BCUT2D eigenvalue weighted by Gasteiger charge is -2.63. The van der Waals surface area contributed by atoms with Gasteiger partial charge in [-0.15, -0.1) is 0 Å². The van der Waals surface area contributed by atoms with Crippen molar-refractivity contribution in [1.29, 1.82) is 0 Å². The monoisotopic (exact) mass is 703 g/mol. The molecule has 0 radical (unpaired) electrons. The number of carbonyl (C=O) groups is 2. The lowest BCUT2D eigenvalue weighted by Crippen LogP contribution is -2.68. The molecule has 274 valence electrons. The minimum absolute atomic E-state index is 0.00644. The number of aliphatic hydroxyl groups excluding tert-OH is 2. The lowest BCUT2D eigenvalue weighted by molar-refractivity contribution is -0.184. The van der Waals surface area contributed by atoms with Gasteiger partial charge in [-0.3, -0.25) is 4.79 Å². The lowest BCUT2D eigenvalue weighted by atomic mass is 9.43. The fraction of sp³-hybridized carbons (Fsp3) is 0.595. The molecule has 2 saturated carbocycles. The van der Waals surface area contributed by atoms with E-state index in [1.54, 1.807) is 30.7 Å². The van der Waals surface area contributed by atoms with Crippen molar-refractivity contribution in [3.63, 3.8) is 0 Å². The normalized spacial score (nSPS) is 35.2. The number of aliphatic hydroxyl groups is 2. The molecule has 4 fully saturated rings. The molecule has 5 aliphatic rings. The third kappa shape index (κ3) is 6.63. The zero-order valence-electron chi connectivity index (χ0n) is 29.5. The molecule has 14 nitrogen and oxygen atoms in total. The molecule has 1 amide bonds. The molecule has 7 rings (SSSR count). The average molecular weight is 704 g/mol. The van der Waals surface area contributed by atoms with Gasteiger partial charge in [0, 0.05) is 48.7 Å². The van der Waals surface area contributed by atoms with Gasteiger partial charge in [0.05, 0.1) is 50.2 Å². The Balaban J connectivity index is 1.26. The number of amides is 1. The topological polar surface area (TPSA) is 198 Å². The van der Waals surface area contributed by atoms with E-state index >= 15 is 0 Å². The number of nitrogens with two attached hydrogens (primary N) is 1. The highest BCUT2D eigenvalue weighted by Gasteiger charge is 2.71. The molecule has 1 spiro atoms. The Bertz CT molecular complexity index is 1660. The fourth-order valence-electron chi connectivity index (χ4n) is 9.37. The minimum Gasteiger partial charge on any atom is -0.423 e. The summed E-state index contributed by atoms with van der Waals surface area (Å²) in [5, 5.41) is 29.5. The number of rotatable bonds is 10. The quantitative estimate of drug-likeness (QED) is 0.178. The van der Waals surface area contributed by atoms with E-state index in [0.29, 0.717) is 81.3 Å². The van der Waals surface area contributed by atoms with Crippen molar-refractivity contribution < 1.29 is 34.0 Å². The highest BCUT2D eigenvalue weighted by Crippen LogP contribution is 2.66. The van der Waals surface area contributed by atoms with E-state index < -0.39 is 40.6 Å². The molecule has 6 N–H and O–H groups in total. The predicted molar refractivity (Wildman–Crippen MR) is 187 cm³/mol. The Labute approximate surface area is 297 Å². The van der Waals surface area contributed by atoms with E-state index in [1.165, 1.54) is 0 Å². The molecule has 6 unspecified atom stereocenters. The summed E-state index contributed by atoms with van der Waals surface area (Å²) in [4.78, 5) is 41.7. The number of nitrogen functional groups attached to an aromatic ring is 1. The number of anilines is 2. The minimum atomic E-state index is -0.786. The Morgan fingerprint density at radius 2 is 1.94 bits per heavy atom. The number of cyclic esters (lactones) is 1. The van der Waals surface area contributed by atoms with Crippen LogP contribution in [0, 0.1) is 22.7 Å². The van der Waals surface area contributed by atoms with Crippen molar-refractivity contribution >= 4 is 29.7 Å². The molecule has 9 atom stereocenters. The van der Waals surface area contributed by atoms with Crippen LogP contribution < -0.4 is 16.4 Å². The highest BCUT2D eigenvalue weighted by atomic mass is 16.6. The number of pyridine rings is 1.